The highest BCUT2D eigenvalue weighted by Gasteiger charge is 2.19. The van der Waals surface area contributed by atoms with Gasteiger partial charge in [-0.2, -0.15) is 0 Å². The minimum Gasteiger partial charge on any atom is -0.369 e. The molecular weight excluding hydrogens is 358 g/mol. The molecule has 3 aromatic rings. The Balaban J connectivity index is 1.90. The average molecular weight is 379 g/mol. The number of nitrogens with two attached hydrogens (primary N) is 2. The molecule has 9 nitrogen and oxygen atoms in total. The Morgan fingerprint density at radius 1 is 1.07 bits per heavy atom. The van der Waals surface area contributed by atoms with E-state index in [1.165, 1.54) is 6.20 Å². The molecule has 2 heterocycles. The molecule has 0 bridgehead atoms. The minimum atomic E-state index is -0.714. The van der Waals surface area contributed by atoms with Gasteiger partial charge in [0, 0.05) is 11.4 Å². The number of amides is 2. The van der Waals surface area contributed by atoms with Gasteiger partial charge in [-0.05, 0) is 19.1 Å². The Kier molecular flexibility index (Phi) is 5.35. The molecular formula is C19H21N7O2. The maximum absolute atomic E-state index is 11.7. The highest BCUT2D eigenvalue weighted by Crippen LogP contribution is 2.22. The van der Waals surface area contributed by atoms with E-state index in [-0.39, 0.29) is 17.6 Å². The minimum absolute atomic E-state index is 0.00527. The highest BCUT2D eigenvalue weighted by atomic mass is 16.1. The van der Waals surface area contributed by atoms with Gasteiger partial charge in [0.15, 0.2) is 11.5 Å². The van der Waals surface area contributed by atoms with Gasteiger partial charge in [0.1, 0.15) is 5.82 Å². The number of hydrogen-bond acceptors (Lipinski definition) is 7. The number of pyridine rings is 1. The van der Waals surface area contributed by atoms with Crippen LogP contribution in [0.2, 0.25) is 0 Å². The molecule has 9 heteroatoms. The summed E-state index contributed by atoms with van der Waals surface area (Å²) in [4.78, 5) is 35.9. The van der Waals surface area contributed by atoms with E-state index in [0.717, 1.165) is 10.9 Å². The molecule has 0 aliphatic heterocycles. The number of anilines is 3. The Morgan fingerprint density at radius 2 is 1.82 bits per heavy atom. The lowest BCUT2D eigenvalue weighted by Gasteiger charge is -2.19. The standard InChI is InChI=1S/C19H21N7O2/c1-10(17(20)27)11(2)24-15-9-23-16(18(21)28)19(26-15)25-13-7-12-5-3-4-6-14(12)22-8-13/h3-11H,1-2H3,(H2,20,27)(H2,21,28)(H2,24,25,26). The zero-order chi connectivity index (χ0) is 20.3. The van der Waals surface area contributed by atoms with E-state index in [0.29, 0.717) is 11.5 Å². The summed E-state index contributed by atoms with van der Waals surface area (Å²) >= 11 is 0. The summed E-state index contributed by atoms with van der Waals surface area (Å²) in [6.45, 7) is 3.52. The molecule has 2 unspecified atom stereocenters. The number of hydrogen-bond donors (Lipinski definition) is 4. The Bertz CT molecular complexity index is 1040. The van der Waals surface area contributed by atoms with E-state index in [1.807, 2.05) is 30.3 Å². The van der Waals surface area contributed by atoms with Gasteiger partial charge >= 0.3 is 0 Å². The lowest BCUT2D eigenvalue weighted by atomic mass is 10.0. The molecule has 2 amide bonds. The fourth-order valence-corrected chi connectivity index (χ4v) is 2.61. The van der Waals surface area contributed by atoms with Crippen molar-refractivity contribution in [2.75, 3.05) is 10.6 Å². The molecule has 2 aromatic heterocycles. The van der Waals surface area contributed by atoms with Gasteiger partial charge in [-0.25, -0.2) is 9.97 Å². The van der Waals surface area contributed by atoms with Crippen LogP contribution in [-0.2, 0) is 4.79 Å². The Hall–Kier alpha value is -3.75. The molecule has 144 valence electrons. The van der Waals surface area contributed by atoms with Gasteiger partial charge in [-0.1, -0.05) is 25.1 Å². The molecule has 3 rings (SSSR count). The van der Waals surface area contributed by atoms with E-state index in [2.05, 4.69) is 25.6 Å². The van der Waals surface area contributed by atoms with Crippen molar-refractivity contribution in [3.63, 3.8) is 0 Å². The van der Waals surface area contributed by atoms with Crippen LogP contribution in [0.1, 0.15) is 24.3 Å². The first-order chi connectivity index (χ1) is 13.3. The van der Waals surface area contributed by atoms with Crippen LogP contribution in [0.25, 0.3) is 10.9 Å². The number of nitrogens with one attached hydrogen (secondary N) is 2. The monoisotopic (exact) mass is 379 g/mol. The second-order valence-electron chi connectivity index (χ2n) is 6.48. The highest BCUT2D eigenvalue weighted by molar-refractivity contribution is 5.96. The second-order valence-corrected chi connectivity index (χ2v) is 6.48. The molecule has 0 saturated heterocycles. The summed E-state index contributed by atoms with van der Waals surface area (Å²) in [7, 11) is 0. The number of primary amides is 2. The number of nitrogens with zero attached hydrogens (tertiary/aromatic N) is 3. The molecule has 1 aromatic carbocycles. The van der Waals surface area contributed by atoms with Crippen LogP contribution in [0.4, 0.5) is 17.3 Å². The van der Waals surface area contributed by atoms with Crippen molar-refractivity contribution in [2.24, 2.45) is 17.4 Å². The number of carbonyl (C=O) groups is 2. The van der Waals surface area contributed by atoms with Crippen molar-refractivity contribution in [3.05, 3.63) is 48.4 Å². The SMILES string of the molecule is CC(Nc1cnc(C(N)=O)c(Nc2cnc3ccccc3c2)n1)C(C)C(N)=O. The average Bonchev–Trinajstić information content (AvgIpc) is 2.67. The van der Waals surface area contributed by atoms with Crippen molar-refractivity contribution in [3.8, 4) is 0 Å². The second kappa shape index (κ2) is 7.87. The molecule has 0 aliphatic rings. The van der Waals surface area contributed by atoms with Crippen molar-refractivity contribution in [1.82, 2.24) is 15.0 Å². The first-order valence-corrected chi connectivity index (χ1v) is 8.69. The van der Waals surface area contributed by atoms with Crippen LogP contribution in [0.15, 0.2) is 42.7 Å². The van der Waals surface area contributed by atoms with Crippen molar-refractivity contribution >= 4 is 40.0 Å². The fraction of sp³-hybridized carbons (Fsp3) is 0.211. The van der Waals surface area contributed by atoms with Crippen LogP contribution in [0.3, 0.4) is 0 Å². The predicted octanol–water partition coefficient (Wildman–Crippen LogP) is 1.79. The molecule has 6 N–H and O–H groups in total. The number of carbonyl (C=O) groups excluding carboxylic acids is 2. The third-order valence-corrected chi connectivity index (χ3v) is 4.43. The molecule has 0 saturated carbocycles. The van der Waals surface area contributed by atoms with E-state index in [9.17, 15) is 9.59 Å². The first-order valence-electron chi connectivity index (χ1n) is 8.69. The van der Waals surface area contributed by atoms with Crippen LogP contribution in [-0.4, -0.2) is 32.8 Å². The lowest BCUT2D eigenvalue weighted by molar-refractivity contribution is -0.121. The number of benzene rings is 1. The van der Waals surface area contributed by atoms with Gasteiger partial charge in [-0.3, -0.25) is 14.6 Å². The maximum atomic E-state index is 11.7. The summed E-state index contributed by atoms with van der Waals surface area (Å²) in [6, 6.07) is 9.25. The fourth-order valence-electron chi connectivity index (χ4n) is 2.61. The normalized spacial score (nSPS) is 12.9. The van der Waals surface area contributed by atoms with Crippen molar-refractivity contribution in [2.45, 2.75) is 19.9 Å². The molecule has 0 radical (unpaired) electrons. The van der Waals surface area contributed by atoms with Gasteiger partial charge in [0.2, 0.25) is 5.91 Å². The maximum Gasteiger partial charge on any atom is 0.271 e. The van der Waals surface area contributed by atoms with Gasteiger partial charge in [-0.15, -0.1) is 0 Å². The zero-order valence-corrected chi connectivity index (χ0v) is 15.5. The van der Waals surface area contributed by atoms with Gasteiger partial charge in [0.25, 0.3) is 5.91 Å². The number of para-hydroxylation sites is 1. The quantitative estimate of drug-likeness (QED) is 0.489. The van der Waals surface area contributed by atoms with Crippen molar-refractivity contribution < 1.29 is 9.59 Å². The smallest absolute Gasteiger partial charge is 0.271 e. The van der Waals surface area contributed by atoms with Crippen LogP contribution >= 0.6 is 0 Å². The third-order valence-electron chi connectivity index (χ3n) is 4.43. The number of fused-ring (bicyclic) bond motifs is 1. The van der Waals surface area contributed by atoms with E-state index < -0.39 is 17.7 Å². The van der Waals surface area contributed by atoms with Crippen LogP contribution in [0.5, 0.6) is 0 Å². The molecule has 2 atom stereocenters. The molecule has 0 fully saturated rings. The molecule has 0 aliphatic carbocycles. The summed E-state index contributed by atoms with van der Waals surface area (Å²) in [6.07, 6.45) is 3.01. The van der Waals surface area contributed by atoms with E-state index in [4.69, 9.17) is 11.5 Å². The summed E-state index contributed by atoms with van der Waals surface area (Å²) < 4.78 is 0. The third kappa shape index (κ3) is 4.14. The van der Waals surface area contributed by atoms with Gasteiger partial charge < -0.3 is 22.1 Å². The van der Waals surface area contributed by atoms with Gasteiger partial charge in [0.05, 0.1) is 29.5 Å². The van der Waals surface area contributed by atoms with Crippen LogP contribution < -0.4 is 22.1 Å². The number of aromatic nitrogens is 3. The molecule has 0 spiro atoms. The van der Waals surface area contributed by atoms with Crippen molar-refractivity contribution in [1.29, 1.82) is 0 Å². The number of rotatable bonds is 7. The predicted molar refractivity (Wildman–Crippen MR) is 107 cm³/mol. The Morgan fingerprint density at radius 3 is 2.54 bits per heavy atom. The Labute approximate surface area is 161 Å². The zero-order valence-electron chi connectivity index (χ0n) is 15.5. The largest absolute Gasteiger partial charge is 0.369 e. The summed E-state index contributed by atoms with van der Waals surface area (Å²) in [5.41, 5.74) is 12.2. The van der Waals surface area contributed by atoms with Crippen LogP contribution in [0, 0.1) is 5.92 Å². The van der Waals surface area contributed by atoms with E-state index in [1.54, 1.807) is 20.0 Å². The summed E-state index contributed by atoms with van der Waals surface area (Å²) in [5, 5.41) is 7.04. The van der Waals surface area contributed by atoms with E-state index >= 15 is 0 Å². The lowest BCUT2D eigenvalue weighted by Crippen LogP contribution is -2.34. The topological polar surface area (TPSA) is 149 Å². The molecule has 28 heavy (non-hydrogen) atoms. The summed E-state index contributed by atoms with van der Waals surface area (Å²) in [5.74, 6) is -0.995. The first kappa shape index (κ1) is 19.0.